The van der Waals surface area contributed by atoms with Crippen LogP contribution < -0.4 is 0 Å². The van der Waals surface area contributed by atoms with Gasteiger partial charge in [0, 0.05) is 0 Å². The Morgan fingerprint density at radius 3 is 2.69 bits per heavy atom. The minimum absolute atomic E-state index is 0.0207. The van der Waals surface area contributed by atoms with Crippen LogP contribution in [0, 0.1) is 5.41 Å². The molecule has 0 aromatic heterocycles. The van der Waals surface area contributed by atoms with E-state index < -0.39 is 0 Å². The van der Waals surface area contributed by atoms with Crippen molar-refractivity contribution in [3.63, 3.8) is 0 Å². The minimum atomic E-state index is -0.0207. The predicted octanol–water partition coefficient (Wildman–Crippen LogP) is 4.07. The molecule has 0 radical (unpaired) electrons. The van der Waals surface area contributed by atoms with Crippen molar-refractivity contribution in [1.29, 1.82) is 0 Å². The molecule has 0 aromatic carbocycles. The first-order valence-corrected chi connectivity index (χ1v) is 6.23. The van der Waals surface area contributed by atoms with Gasteiger partial charge in [-0.05, 0) is 17.9 Å². The summed E-state index contributed by atoms with van der Waals surface area (Å²) >= 11 is 1.05. The standard InChI is InChI=1S/C13H20O2S/c1-5-14-16-15-12-8-6-7-11(9-10-12)13(2,3)4/h6-10,12H,5H2,1-4H3. The molecule has 1 atom stereocenters. The summed E-state index contributed by atoms with van der Waals surface area (Å²) in [6, 6.07) is 0. The molecular formula is C13H20O2S. The molecule has 16 heavy (non-hydrogen) atoms. The Labute approximate surface area is 103 Å². The smallest absolute Gasteiger partial charge is 0.159 e. The lowest BCUT2D eigenvalue weighted by atomic mass is 9.86. The zero-order valence-corrected chi connectivity index (χ0v) is 11.2. The maximum atomic E-state index is 5.45. The van der Waals surface area contributed by atoms with Gasteiger partial charge in [-0.3, -0.25) is 8.37 Å². The molecule has 0 aliphatic heterocycles. The summed E-state index contributed by atoms with van der Waals surface area (Å²) in [4.78, 5) is 0. The van der Waals surface area contributed by atoms with E-state index in [0.717, 1.165) is 12.3 Å². The molecule has 0 saturated carbocycles. The summed E-state index contributed by atoms with van der Waals surface area (Å²) < 4.78 is 10.5. The first kappa shape index (κ1) is 13.6. The van der Waals surface area contributed by atoms with Gasteiger partial charge in [0.25, 0.3) is 0 Å². The van der Waals surface area contributed by atoms with E-state index in [9.17, 15) is 0 Å². The van der Waals surface area contributed by atoms with E-state index in [1.165, 1.54) is 5.57 Å². The van der Waals surface area contributed by atoms with E-state index in [1.54, 1.807) is 0 Å². The fourth-order valence-electron chi connectivity index (χ4n) is 1.27. The van der Waals surface area contributed by atoms with E-state index in [0.29, 0.717) is 6.61 Å². The highest BCUT2D eigenvalue weighted by Gasteiger charge is 2.15. The maximum absolute atomic E-state index is 5.45. The van der Waals surface area contributed by atoms with Gasteiger partial charge in [0.2, 0.25) is 0 Å². The van der Waals surface area contributed by atoms with Crippen LogP contribution in [-0.2, 0) is 8.37 Å². The van der Waals surface area contributed by atoms with Crippen LogP contribution in [0.2, 0.25) is 0 Å². The van der Waals surface area contributed by atoms with Crippen LogP contribution in [0.3, 0.4) is 0 Å². The molecule has 1 rings (SSSR count). The molecule has 1 aliphatic rings. The fraction of sp³-hybridized carbons (Fsp3) is 0.538. The Kier molecular flexibility index (Phi) is 5.32. The van der Waals surface area contributed by atoms with E-state index in [2.05, 4.69) is 32.9 Å². The predicted molar refractivity (Wildman–Crippen MR) is 69.9 cm³/mol. The summed E-state index contributed by atoms with van der Waals surface area (Å²) in [5, 5.41) is 0. The second kappa shape index (κ2) is 6.28. The Morgan fingerprint density at radius 2 is 2.06 bits per heavy atom. The molecule has 0 fully saturated rings. The Bertz CT molecular complexity index is 298. The molecule has 0 bridgehead atoms. The zero-order chi connectivity index (χ0) is 12.0. The summed E-state index contributed by atoms with van der Waals surface area (Å²) in [5.41, 5.74) is 1.47. The summed E-state index contributed by atoms with van der Waals surface area (Å²) in [6.45, 7) is 9.19. The van der Waals surface area contributed by atoms with Crippen molar-refractivity contribution in [2.75, 3.05) is 6.61 Å². The Hall–Kier alpha value is -0.510. The third-order valence-corrected chi connectivity index (χ3v) is 2.86. The topological polar surface area (TPSA) is 18.5 Å². The highest BCUT2D eigenvalue weighted by molar-refractivity contribution is 7.89. The van der Waals surface area contributed by atoms with Gasteiger partial charge in [0.15, 0.2) is 12.3 Å². The molecule has 0 saturated heterocycles. The van der Waals surface area contributed by atoms with Crippen LogP contribution in [-0.4, -0.2) is 12.7 Å². The van der Waals surface area contributed by atoms with Gasteiger partial charge >= 0.3 is 0 Å². The lowest BCUT2D eigenvalue weighted by Gasteiger charge is -2.19. The first-order chi connectivity index (χ1) is 7.54. The molecule has 0 amide bonds. The average Bonchev–Trinajstić information content (AvgIpc) is 2.43. The second-order valence-corrected chi connectivity index (χ2v) is 5.22. The van der Waals surface area contributed by atoms with Crippen molar-refractivity contribution in [2.24, 2.45) is 5.41 Å². The van der Waals surface area contributed by atoms with E-state index in [-0.39, 0.29) is 11.5 Å². The molecule has 1 aliphatic carbocycles. The van der Waals surface area contributed by atoms with E-state index in [4.69, 9.17) is 8.37 Å². The molecule has 0 heterocycles. The number of allylic oxidation sites excluding steroid dienone is 4. The summed E-state index contributed by atoms with van der Waals surface area (Å²) in [6.07, 6.45) is 10.3. The van der Waals surface area contributed by atoms with Crippen LogP contribution in [0.1, 0.15) is 27.7 Å². The number of rotatable bonds is 4. The van der Waals surface area contributed by atoms with E-state index >= 15 is 0 Å². The average molecular weight is 240 g/mol. The van der Waals surface area contributed by atoms with Gasteiger partial charge in [0.05, 0.1) is 6.61 Å². The lowest BCUT2D eigenvalue weighted by Crippen LogP contribution is -2.07. The summed E-state index contributed by atoms with van der Waals surface area (Å²) in [5.74, 6) is 0. The van der Waals surface area contributed by atoms with Crippen molar-refractivity contribution in [2.45, 2.75) is 33.8 Å². The van der Waals surface area contributed by atoms with Crippen molar-refractivity contribution in [3.8, 4) is 0 Å². The summed E-state index contributed by atoms with van der Waals surface area (Å²) in [7, 11) is 0. The maximum Gasteiger partial charge on any atom is 0.159 e. The monoisotopic (exact) mass is 240 g/mol. The Balaban J connectivity index is 2.53. The fourth-order valence-corrected chi connectivity index (χ4v) is 1.64. The number of hydrogen-bond acceptors (Lipinski definition) is 3. The lowest BCUT2D eigenvalue weighted by molar-refractivity contribution is 0.283. The minimum Gasteiger partial charge on any atom is -0.292 e. The van der Waals surface area contributed by atoms with Gasteiger partial charge in [-0.1, -0.05) is 51.2 Å². The SMILES string of the molecule is CCOSOC1C=CC=C(C(C)(C)C)C=C1. The second-order valence-electron chi connectivity index (χ2n) is 4.65. The molecule has 3 heteroatoms. The molecule has 2 nitrogen and oxygen atoms in total. The zero-order valence-electron chi connectivity index (χ0n) is 10.4. The van der Waals surface area contributed by atoms with Crippen molar-refractivity contribution in [1.82, 2.24) is 0 Å². The van der Waals surface area contributed by atoms with E-state index in [1.807, 2.05) is 25.2 Å². The molecular weight excluding hydrogens is 220 g/mol. The third-order valence-electron chi connectivity index (χ3n) is 2.22. The molecule has 0 spiro atoms. The highest BCUT2D eigenvalue weighted by Crippen LogP contribution is 2.28. The van der Waals surface area contributed by atoms with Crippen molar-refractivity contribution >= 4 is 12.3 Å². The van der Waals surface area contributed by atoms with Crippen molar-refractivity contribution in [3.05, 3.63) is 36.0 Å². The van der Waals surface area contributed by atoms with Crippen LogP contribution in [0.15, 0.2) is 36.0 Å². The van der Waals surface area contributed by atoms with Crippen LogP contribution in [0.4, 0.5) is 0 Å². The molecule has 0 aromatic rings. The first-order valence-electron chi connectivity index (χ1n) is 5.56. The molecule has 90 valence electrons. The van der Waals surface area contributed by atoms with Crippen LogP contribution in [0.25, 0.3) is 0 Å². The van der Waals surface area contributed by atoms with Crippen LogP contribution >= 0.6 is 12.3 Å². The third kappa shape index (κ3) is 4.56. The van der Waals surface area contributed by atoms with Crippen LogP contribution in [0.5, 0.6) is 0 Å². The van der Waals surface area contributed by atoms with Gasteiger partial charge < -0.3 is 0 Å². The normalized spacial score (nSPS) is 20.8. The van der Waals surface area contributed by atoms with Gasteiger partial charge in [-0.2, -0.15) is 0 Å². The largest absolute Gasteiger partial charge is 0.292 e. The quantitative estimate of drug-likeness (QED) is 0.545. The van der Waals surface area contributed by atoms with Gasteiger partial charge in [-0.15, -0.1) is 0 Å². The Morgan fingerprint density at radius 1 is 1.31 bits per heavy atom. The van der Waals surface area contributed by atoms with Gasteiger partial charge in [-0.25, -0.2) is 0 Å². The highest BCUT2D eigenvalue weighted by atomic mass is 32.2. The van der Waals surface area contributed by atoms with Crippen molar-refractivity contribution < 1.29 is 8.37 Å². The molecule has 1 unspecified atom stereocenters. The number of hydrogen-bond donors (Lipinski definition) is 0. The van der Waals surface area contributed by atoms with Gasteiger partial charge in [0.1, 0.15) is 6.10 Å². The molecule has 0 N–H and O–H groups in total.